The minimum absolute atomic E-state index is 0.0729. The highest BCUT2D eigenvalue weighted by Gasteiger charge is 2.20. The van der Waals surface area contributed by atoms with Crippen LogP contribution < -0.4 is 4.74 Å². The van der Waals surface area contributed by atoms with Gasteiger partial charge < -0.3 is 14.6 Å². The zero-order valence-corrected chi connectivity index (χ0v) is 14.3. The summed E-state index contributed by atoms with van der Waals surface area (Å²) in [5.74, 6) is 0.893. The number of carbonyl (C=O) groups excluding carboxylic acids is 1. The molecule has 1 fully saturated rings. The van der Waals surface area contributed by atoms with Gasteiger partial charge in [-0.3, -0.25) is 4.79 Å². The molecule has 1 aliphatic heterocycles. The minimum atomic E-state index is 0.0729. The van der Waals surface area contributed by atoms with E-state index in [4.69, 9.17) is 9.72 Å². The Hall–Kier alpha value is -2.82. The summed E-state index contributed by atoms with van der Waals surface area (Å²) in [5.41, 5.74) is 4.22. The smallest absolute Gasteiger partial charge is 0.270 e. The number of amides is 1. The molecule has 0 radical (unpaired) electrons. The predicted molar refractivity (Wildman–Crippen MR) is 97.8 cm³/mol. The summed E-state index contributed by atoms with van der Waals surface area (Å²) >= 11 is 0. The summed E-state index contributed by atoms with van der Waals surface area (Å²) in [6.45, 7) is 1.69. The molecular formula is C20H21N3O2. The first-order valence-corrected chi connectivity index (χ1v) is 8.68. The lowest BCUT2D eigenvalue weighted by atomic mass is 10.1. The topological polar surface area (TPSA) is 58.2 Å². The van der Waals surface area contributed by atoms with Crippen molar-refractivity contribution in [1.29, 1.82) is 0 Å². The Morgan fingerprint density at radius 3 is 2.56 bits per heavy atom. The fourth-order valence-corrected chi connectivity index (χ4v) is 3.31. The van der Waals surface area contributed by atoms with Crippen molar-refractivity contribution in [2.45, 2.75) is 19.3 Å². The molecule has 1 amide bonds. The second-order valence-electron chi connectivity index (χ2n) is 6.39. The molecule has 4 rings (SSSR count). The number of nitrogens with zero attached hydrogens (tertiary/aromatic N) is 2. The molecule has 1 saturated heterocycles. The van der Waals surface area contributed by atoms with Crippen LogP contribution in [0.1, 0.15) is 29.8 Å². The van der Waals surface area contributed by atoms with Gasteiger partial charge in [-0.1, -0.05) is 0 Å². The Balaban J connectivity index is 1.63. The van der Waals surface area contributed by atoms with Gasteiger partial charge in [0.2, 0.25) is 0 Å². The fraction of sp³-hybridized carbons (Fsp3) is 0.300. The van der Waals surface area contributed by atoms with Crippen LogP contribution in [0.3, 0.4) is 0 Å². The van der Waals surface area contributed by atoms with Crippen molar-refractivity contribution in [3.63, 3.8) is 0 Å². The summed E-state index contributed by atoms with van der Waals surface area (Å²) < 4.78 is 5.20. The monoisotopic (exact) mass is 335 g/mol. The van der Waals surface area contributed by atoms with E-state index in [0.29, 0.717) is 5.69 Å². The van der Waals surface area contributed by atoms with Crippen molar-refractivity contribution in [3.8, 4) is 17.0 Å². The molecule has 0 bridgehead atoms. The van der Waals surface area contributed by atoms with Crippen LogP contribution in [-0.4, -0.2) is 41.0 Å². The highest BCUT2D eigenvalue weighted by atomic mass is 16.5. The van der Waals surface area contributed by atoms with Crippen molar-refractivity contribution >= 4 is 16.9 Å². The maximum atomic E-state index is 12.6. The molecule has 128 valence electrons. The minimum Gasteiger partial charge on any atom is -0.497 e. The molecule has 0 unspecified atom stereocenters. The van der Waals surface area contributed by atoms with Crippen LogP contribution in [0.5, 0.6) is 5.75 Å². The number of benzene rings is 1. The maximum absolute atomic E-state index is 12.6. The molecule has 0 spiro atoms. The van der Waals surface area contributed by atoms with Crippen LogP contribution in [0, 0.1) is 0 Å². The lowest BCUT2D eigenvalue weighted by Crippen LogP contribution is -2.35. The largest absolute Gasteiger partial charge is 0.497 e. The molecule has 0 saturated carbocycles. The van der Waals surface area contributed by atoms with Gasteiger partial charge in [0.25, 0.3) is 5.91 Å². The van der Waals surface area contributed by atoms with Crippen molar-refractivity contribution < 1.29 is 9.53 Å². The molecule has 5 nitrogen and oxygen atoms in total. The number of likely N-dealkylation sites (tertiary alicyclic amines) is 1. The quantitative estimate of drug-likeness (QED) is 0.790. The number of aromatic amines is 1. The van der Waals surface area contributed by atoms with Gasteiger partial charge in [-0.25, -0.2) is 4.98 Å². The number of piperidine rings is 1. The van der Waals surface area contributed by atoms with E-state index in [-0.39, 0.29) is 5.91 Å². The number of aromatic nitrogens is 2. The van der Waals surface area contributed by atoms with Gasteiger partial charge in [-0.2, -0.15) is 0 Å². The van der Waals surface area contributed by atoms with E-state index in [2.05, 4.69) is 4.98 Å². The van der Waals surface area contributed by atoms with E-state index in [1.165, 1.54) is 6.42 Å². The SMILES string of the molecule is COc1ccc(-c2ccc3[nH]c(C(=O)N4CCCCC4)cc3n2)cc1. The van der Waals surface area contributed by atoms with Gasteiger partial charge in [-0.15, -0.1) is 0 Å². The Morgan fingerprint density at radius 2 is 1.84 bits per heavy atom. The number of hydrogen-bond donors (Lipinski definition) is 1. The first kappa shape index (κ1) is 15.7. The highest BCUT2D eigenvalue weighted by molar-refractivity contribution is 5.97. The van der Waals surface area contributed by atoms with Crippen molar-refractivity contribution in [3.05, 3.63) is 48.2 Å². The molecule has 1 N–H and O–H groups in total. The summed E-state index contributed by atoms with van der Waals surface area (Å²) in [6.07, 6.45) is 3.39. The van der Waals surface area contributed by atoms with Crippen LogP contribution in [-0.2, 0) is 0 Å². The summed E-state index contributed by atoms with van der Waals surface area (Å²) in [6, 6.07) is 13.6. The summed E-state index contributed by atoms with van der Waals surface area (Å²) in [7, 11) is 1.65. The van der Waals surface area contributed by atoms with E-state index in [9.17, 15) is 4.79 Å². The summed E-state index contributed by atoms with van der Waals surface area (Å²) in [4.78, 5) is 22.5. The Kier molecular flexibility index (Phi) is 4.14. The molecule has 5 heteroatoms. The number of hydrogen-bond acceptors (Lipinski definition) is 3. The van der Waals surface area contributed by atoms with Crippen molar-refractivity contribution in [2.24, 2.45) is 0 Å². The van der Waals surface area contributed by atoms with Crippen LogP contribution in [0.2, 0.25) is 0 Å². The van der Waals surface area contributed by atoms with Gasteiger partial charge >= 0.3 is 0 Å². The first-order valence-electron chi connectivity index (χ1n) is 8.68. The normalized spacial score (nSPS) is 14.7. The second-order valence-corrected chi connectivity index (χ2v) is 6.39. The fourth-order valence-electron chi connectivity index (χ4n) is 3.31. The van der Waals surface area contributed by atoms with Gasteiger partial charge in [0, 0.05) is 18.7 Å². The Bertz CT molecular complexity index is 893. The number of pyridine rings is 1. The average Bonchev–Trinajstić information content (AvgIpc) is 3.11. The molecule has 1 aromatic carbocycles. The lowest BCUT2D eigenvalue weighted by molar-refractivity contribution is 0.0719. The number of nitrogens with one attached hydrogen (secondary N) is 1. The van der Waals surface area contributed by atoms with Gasteiger partial charge in [0.1, 0.15) is 11.4 Å². The number of ether oxygens (including phenoxy) is 1. The summed E-state index contributed by atoms with van der Waals surface area (Å²) in [5, 5.41) is 0. The predicted octanol–water partition coefficient (Wildman–Crippen LogP) is 3.86. The third-order valence-electron chi connectivity index (χ3n) is 4.73. The van der Waals surface area contributed by atoms with Crippen LogP contribution in [0.25, 0.3) is 22.3 Å². The zero-order chi connectivity index (χ0) is 17.2. The zero-order valence-electron chi connectivity index (χ0n) is 14.3. The molecule has 1 aliphatic rings. The molecular weight excluding hydrogens is 314 g/mol. The van der Waals surface area contributed by atoms with E-state index >= 15 is 0 Å². The molecule has 3 aromatic rings. The van der Waals surface area contributed by atoms with Crippen LogP contribution >= 0.6 is 0 Å². The third kappa shape index (κ3) is 3.09. The number of H-pyrrole nitrogens is 1. The van der Waals surface area contributed by atoms with Crippen molar-refractivity contribution in [2.75, 3.05) is 20.2 Å². The van der Waals surface area contributed by atoms with E-state index in [0.717, 1.165) is 54.0 Å². The highest BCUT2D eigenvalue weighted by Crippen LogP contribution is 2.24. The molecule has 25 heavy (non-hydrogen) atoms. The number of fused-ring (bicyclic) bond motifs is 1. The number of carbonyl (C=O) groups is 1. The standard InChI is InChI=1S/C20H21N3O2/c1-25-15-7-5-14(6-8-15)16-9-10-17-18(21-16)13-19(22-17)20(24)23-11-3-2-4-12-23/h5-10,13,22H,2-4,11-12H2,1H3. The first-order chi connectivity index (χ1) is 12.2. The van der Waals surface area contributed by atoms with Crippen LogP contribution in [0.4, 0.5) is 0 Å². The Morgan fingerprint density at radius 1 is 1.08 bits per heavy atom. The van der Waals surface area contributed by atoms with Gasteiger partial charge in [0.15, 0.2) is 0 Å². The average molecular weight is 335 g/mol. The number of methoxy groups -OCH3 is 1. The van der Waals surface area contributed by atoms with Crippen molar-refractivity contribution in [1.82, 2.24) is 14.9 Å². The molecule has 2 aromatic heterocycles. The van der Waals surface area contributed by atoms with Gasteiger partial charge in [-0.05, 0) is 61.7 Å². The van der Waals surface area contributed by atoms with Crippen LogP contribution in [0.15, 0.2) is 42.5 Å². The van der Waals surface area contributed by atoms with E-state index in [1.807, 2.05) is 47.4 Å². The van der Waals surface area contributed by atoms with E-state index in [1.54, 1.807) is 7.11 Å². The molecule has 3 heterocycles. The lowest BCUT2D eigenvalue weighted by Gasteiger charge is -2.26. The van der Waals surface area contributed by atoms with E-state index < -0.39 is 0 Å². The Labute approximate surface area is 146 Å². The van der Waals surface area contributed by atoms with Gasteiger partial charge in [0.05, 0.1) is 23.8 Å². The molecule has 0 aliphatic carbocycles. The second kappa shape index (κ2) is 6.59. The third-order valence-corrected chi connectivity index (χ3v) is 4.73. The maximum Gasteiger partial charge on any atom is 0.270 e. The molecule has 0 atom stereocenters. The number of rotatable bonds is 3.